The van der Waals surface area contributed by atoms with E-state index in [2.05, 4.69) is 46.8 Å². The highest BCUT2D eigenvalue weighted by Crippen LogP contribution is 2.19. The van der Waals surface area contributed by atoms with Crippen molar-refractivity contribution in [2.75, 3.05) is 0 Å². The SMILES string of the molecule is CC(N)c1cncn1C(C)CCc1ccccc1. The van der Waals surface area contributed by atoms with Crippen LogP contribution in [0.2, 0.25) is 0 Å². The molecular weight excluding hydrogens is 222 g/mol. The molecule has 3 heteroatoms. The van der Waals surface area contributed by atoms with Crippen molar-refractivity contribution in [3.63, 3.8) is 0 Å². The van der Waals surface area contributed by atoms with Gasteiger partial charge in [-0.15, -0.1) is 0 Å². The lowest BCUT2D eigenvalue weighted by Crippen LogP contribution is -2.15. The molecule has 96 valence electrons. The van der Waals surface area contributed by atoms with Gasteiger partial charge in [0.05, 0.1) is 12.0 Å². The Labute approximate surface area is 109 Å². The highest BCUT2D eigenvalue weighted by atomic mass is 15.1. The zero-order chi connectivity index (χ0) is 13.0. The standard InChI is InChI=1S/C15H21N3/c1-12(8-9-14-6-4-3-5-7-14)18-11-17-10-15(18)13(2)16/h3-7,10-13H,8-9,16H2,1-2H3. The Kier molecular flexibility index (Phi) is 4.15. The number of aryl methyl sites for hydroxylation is 1. The third kappa shape index (κ3) is 2.99. The van der Waals surface area contributed by atoms with E-state index in [4.69, 9.17) is 5.73 Å². The van der Waals surface area contributed by atoms with Crippen molar-refractivity contribution in [1.82, 2.24) is 9.55 Å². The van der Waals surface area contributed by atoms with Crippen LogP contribution >= 0.6 is 0 Å². The van der Waals surface area contributed by atoms with E-state index in [1.54, 1.807) is 0 Å². The Morgan fingerprint density at radius 1 is 1.22 bits per heavy atom. The molecule has 1 aromatic heterocycles. The topological polar surface area (TPSA) is 43.8 Å². The summed E-state index contributed by atoms with van der Waals surface area (Å²) in [6.45, 7) is 4.22. The van der Waals surface area contributed by atoms with Crippen molar-refractivity contribution in [3.05, 3.63) is 54.1 Å². The van der Waals surface area contributed by atoms with Crippen molar-refractivity contribution in [2.45, 2.75) is 38.8 Å². The normalized spacial score (nSPS) is 14.4. The quantitative estimate of drug-likeness (QED) is 0.877. The van der Waals surface area contributed by atoms with Gasteiger partial charge in [-0.05, 0) is 32.3 Å². The van der Waals surface area contributed by atoms with Gasteiger partial charge < -0.3 is 10.3 Å². The van der Waals surface area contributed by atoms with Crippen LogP contribution in [0.4, 0.5) is 0 Å². The van der Waals surface area contributed by atoms with Crippen LogP contribution < -0.4 is 5.73 Å². The number of hydrogen-bond acceptors (Lipinski definition) is 2. The molecule has 0 radical (unpaired) electrons. The summed E-state index contributed by atoms with van der Waals surface area (Å²) in [4.78, 5) is 4.20. The van der Waals surface area contributed by atoms with Gasteiger partial charge in [0.25, 0.3) is 0 Å². The van der Waals surface area contributed by atoms with E-state index in [1.165, 1.54) is 5.56 Å². The molecule has 1 aromatic carbocycles. The number of nitrogens with two attached hydrogens (primary N) is 1. The van der Waals surface area contributed by atoms with Crippen LogP contribution in [0.5, 0.6) is 0 Å². The van der Waals surface area contributed by atoms with E-state index >= 15 is 0 Å². The molecular formula is C15H21N3. The molecule has 2 aromatic rings. The highest BCUT2D eigenvalue weighted by Gasteiger charge is 2.12. The lowest BCUT2D eigenvalue weighted by molar-refractivity contribution is 0.480. The largest absolute Gasteiger partial charge is 0.330 e. The van der Waals surface area contributed by atoms with Gasteiger partial charge in [-0.1, -0.05) is 30.3 Å². The molecule has 2 atom stereocenters. The number of nitrogens with zero attached hydrogens (tertiary/aromatic N) is 2. The van der Waals surface area contributed by atoms with Gasteiger partial charge >= 0.3 is 0 Å². The Bertz CT molecular complexity index is 473. The smallest absolute Gasteiger partial charge is 0.0951 e. The van der Waals surface area contributed by atoms with Crippen molar-refractivity contribution in [1.29, 1.82) is 0 Å². The monoisotopic (exact) mass is 243 g/mol. The van der Waals surface area contributed by atoms with Gasteiger partial charge in [-0.25, -0.2) is 4.98 Å². The molecule has 2 unspecified atom stereocenters. The average Bonchev–Trinajstić information content (AvgIpc) is 2.86. The Morgan fingerprint density at radius 2 is 1.94 bits per heavy atom. The van der Waals surface area contributed by atoms with E-state index in [0.29, 0.717) is 6.04 Å². The summed E-state index contributed by atoms with van der Waals surface area (Å²) in [6, 6.07) is 11.0. The molecule has 0 spiro atoms. The summed E-state index contributed by atoms with van der Waals surface area (Å²) in [5, 5.41) is 0. The van der Waals surface area contributed by atoms with Crippen molar-refractivity contribution in [2.24, 2.45) is 5.73 Å². The second-order valence-corrected chi connectivity index (χ2v) is 4.89. The molecule has 18 heavy (non-hydrogen) atoms. The third-order valence-corrected chi connectivity index (χ3v) is 3.33. The van der Waals surface area contributed by atoms with Crippen molar-refractivity contribution >= 4 is 0 Å². The summed E-state index contributed by atoms with van der Waals surface area (Å²) in [5.41, 5.74) is 8.43. The molecule has 0 amide bonds. The first-order valence-electron chi connectivity index (χ1n) is 6.49. The number of imidazole rings is 1. The predicted octanol–water partition coefficient (Wildman–Crippen LogP) is 3.10. The van der Waals surface area contributed by atoms with Crippen LogP contribution in [0.3, 0.4) is 0 Å². The minimum Gasteiger partial charge on any atom is -0.330 e. The van der Waals surface area contributed by atoms with Crippen LogP contribution in [0, 0.1) is 0 Å². The minimum absolute atomic E-state index is 0.0340. The number of hydrogen-bond donors (Lipinski definition) is 1. The summed E-state index contributed by atoms with van der Waals surface area (Å²) in [7, 11) is 0. The molecule has 1 heterocycles. The lowest BCUT2D eigenvalue weighted by Gasteiger charge is -2.18. The second kappa shape index (κ2) is 5.83. The first-order valence-corrected chi connectivity index (χ1v) is 6.49. The van der Waals surface area contributed by atoms with Gasteiger partial charge in [0, 0.05) is 18.3 Å². The molecule has 0 aliphatic heterocycles. The Balaban J connectivity index is 1.99. The van der Waals surface area contributed by atoms with E-state index in [0.717, 1.165) is 18.5 Å². The summed E-state index contributed by atoms with van der Waals surface area (Å²) >= 11 is 0. The molecule has 0 aliphatic rings. The zero-order valence-corrected chi connectivity index (χ0v) is 11.1. The fourth-order valence-corrected chi connectivity index (χ4v) is 2.20. The van der Waals surface area contributed by atoms with Crippen LogP contribution in [0.15, 0.2) is 42.9 Å². The first-order chi connectivity index (χ1) is 8.68. The highest BCUT2D eigenvalue weighted by molar-refractivity contribution is 5.15. The maximum absolute atomic E-state index is 5.94. The van der Waals surface area contributed by atoms with E-state index in [1.807, 2.05) is 19.4 Å². The number of aromatic nitrogens is 2. The van der Waals surface area contributed by atoms with Crippen molar-refractivity contribution in [3.8, 4) is 0 Å². The predicted molar refractivity (Wildman–Crippen MR) is 74.3 cm³/mol. The third-order valence-electron chi connectivity index (χ3n) is 3.33. The van der Waals surface area contributed by atoms with E-state index < -0.39 is 0 Å². The van der Waals surface area contributed by atoms with Crippen LogP contribution in [0.1, 0.15) is 43.6 Å². The van der Waals surface area contributed by atoms with Crippen LogP contribution in [-0.2, 0) is 6.42 Å². The maximum Gasteiger partial charge on any atom is 0.0951 e. The van der Waals surface area contributed by atoms with Crippen molar-refractivity contribution < 1.29 is 0 Å². The molecule has 0 fully saturated rings. The van der Waals surface area contributed by atoms with Gasteiger partial charge in [-0.2, -0.15) is 0 Å². The van der Waals surface area contributed by atoms with Crippen LogP contribution in [-0.4, -0.2) is 9.55 Å². The lowest BCUT2D eigenvalue weighted by atomic mass is 10.1. The summed E-state index contributed by atoms with van der Waals surface area (Å²) in [5.74, 6) is 0. The Morgan fingerprint density at radius 3 is 2.61 bits per heavy atom. The van der Waals surface area contributed by atoms with Crippen LogP contribution in [0.25, 0.3) is 0 Å². The van der Waals surface area contributed by atoms with E-state index in [9.17, 15) is 0 Å². The minimum atomic E-state index is 0.0340. The van der Waals surface area contributed by atoms with Gasteiger partial charge in [0.15, 0.2) is 0 Å². The van der Waals surface area contributed by atoms with E-state index in [-0.39, 0.29) is 6.04 Å². The maximum atomic E-state index is 5.94. The molecule has 0 saturated carbocycles. The first kappa shape index (κ1) is 12.8. The Hall–Kier alpha value is -1.61. The fourth-order valence-electron chi connectivity index (χ4n) is 2.20. The second-order valence-electron chi connectivity index (χ2n) is 4.89. The summed E-state index contributed by atoms with van der Waals surface area (Å²) < 4.78 is 2.19. The van der Waals surface area contributed by atoms with Gasteiger partial charge in [-0.3, -0.25) is 0 Å². The van der Waals surface area contributed by atoms with Gasteiger partial charge in [0.2, 0.25) is 0 Å². The molecule has 0 bridgehead atoms. The molecule has 2 N–H and O–H groups in total. The number of benzene rings is 1. The molecule has 0 aliphatic carbocycles. The fraction of sp³-hybridized carbons (Fsp3) is 0.400. The molecule has 2 rings (SSSR count). The zero-order valence-electron chi connectivity index (χ0n) is 11.1. The summed E-state index contributed by atoms with van der Waals surface area (Å²) in [6.07, 6.45) is 5.93. The van der Waals surface area contributed by atoms with Gasteiger partial charge in [0.1, 0.15) is 0 Å². The molecule has 0 saturated heterocycles. The average molecular weight is 243 g/mol. The molecule has 3 nitrogen and oxygen atoms in total. The number of rotatable bonds is 5.